The van der Waals surface area contributed by atoms with Gasteiger partial charge in [-0.15, -0.1) is 0 Å². The van der Waals surface area contributed by atoms with Crippen molar-refractivity contribution in [2.45, 2.75) is 32.4 Å². The highest BCUT2D eigenvalue weighted by atomic mass is 16.5. The Labute approximate surface area is 179 Å². The summed E-state index contributed by atoms with van der Waals surface area (Å²) in [4.78, 5) is 48.7. The van der Waals surface area contributed by atoms with Gasteiger partial charge in [0, 0.05) is 26.4 Å². The summed E-state index contributed by atoms with van der Waals surface area (Å²) in [6, 6.07) is 6.31. The third-order valence-corrected chi connectivity index (χ3v) is 4.46. The van der Waals surface area contributed by atoms with E-state index in [4.69, 9.17) is 9.47 Å². The van der Waals surface area contributed by atoms with Crippen LogP contribution in [0.4, 0.5) is 0 Å². The number of ether oxygens (including phenoxy) is 2. The van der Waals surface area contributed by atoms with Crippen molar-refractivity contribution in [1.29, 1.82) is 0 Å². The lowest BCUT2D eigenvalue weighted by Crippen LogP contribution is -2.37. The smallest absolute Gasteiger partial charge is 0.330 e. The number of benzene rings is 1. The SMILES string of the molecule is COc1ccc(C(CC(=O)OC(C)C)NC(=O)/C=C/c2cn(C)c(=O)n(C)c2=O)cc1. The molecule has 0 aliphatic heterocycles. The molecule has 1 amide bonds. The maximum atomic E-state index is 12.5. The Morgan fingerprint density at radius 3 is 2.35 bits per heavy atom. The molecule has 2 aromatic rings. The largest absolute Gasteiger partial charge is 0.497 e. The summed E-state index contributed by atoms with van der Waals surface area (Å²) in [6.45, 7) is 3.49. The Hall–Kier alpha value is -3.62. The highest BCUT2D eigenvalue weighted by molar-refractivity contribution is 5.92. The molecule has 0 saturated carbocycles. The van der Waals surface area contributed by atoms with Gasteiger partial charge in [0.05, 0.1) is 31.2 Å². The van der Waals surface area contributed by atoms with Crippen LogP contribution in [0.2, 0.25) is 0 Å². The van der Waals surface area contributed by atoms with Crippen LogP contribution >= 0.6 is 0 Å². The molecule has 166 valence electrons. The van der Waals surface area contributed by atoms with E-state index in [0.717, 1.165) is 4.57 Å². The number of nitrogens with one attached hydrogen (secondary N) is 1. The van der Waals surface area contributed by atoms with Crippen LogP contribution in [0.15, 0.2) is 46.1 Å². The number of aromatic nitrogens is 2. The second-order valence-electron chi connectivity index (χ2n) is 7.25. The molecule has 1 heterocycles. The minimum absolute atomic E-state index is 0.0638. The van der Waals surface area contributed by atoms with Crippen LogP contribution in [-0.2, 0) is 28.4 Å². The summed E-state index contributed by atoms with van der Waals surface area (Å²) in [5.41, 5.74) is -0.101. The first kappa shape index (κ1) is 23.7. The molecular formula is C22H27N3O6. The maximum absolute atomic E-state index is 12.5. The molecule has 0 spiro atoms. The quantitative estimate of drug-likeness (QED) is 0.501. The van der Waals surface area contributed by atoms with Gasteiger partial charge in [-0.05, 0) is 37.6 Å². The number of nitrogens with zero attached hydrogens (tertiary/aromatic N) is 2. The van der Waals surface area contributed by atoms with Crippen LogP contribution in [0.1, 0.15) is 37.4 Å². The highest BCUT2D eigenvalue weighted by Crippen LogP contribution is 2.21. The van der Waals surface area contributed by atoms with Crippen LogP contribution in [0, 0.1) is 0 Å². The Bertz CT molecular complexity index is 1080. The topological polar surface area (TPSA) is 109 Å². The molecule has 0 fully saturated rings. The molecule has 0 aliphatic rings. The molecule has 31 heavy (non-hydrogen) atoms. The summed E-state index contributed by atoms with van der Waals surface area (Å²) in [7, 11) is 4.42. The zero-order valence-electron chi connectivity index (χ0n) is 18.2. The van der Waals surface area contributed by atoms with E-state index in [0.29, 0.717) is 11.3 Å². The lowest BCUT2D eigenvalue weighted by Gasteiger charge is -2.19. The van der Waals surface area contributed by atoms with Gasteiger partial charge < -0.3 is 19.4 Å². The maximum Gasteiger partial charge on any atom is 0.330 e. The predicted octanol–water partition coefficient (Wildman–Crippen LogP) is 1.31. The van der Waals surface area contributed by atoms with Crippen molar-refractivity contribution in [2.24, 2.45) is 14.1 Å². The molecule has 0 aliphatic carbocycles. The van der Waals surface area contributed by atoms with Gasteiger partial charge in [0.1, 0.15) is 5.75 Å². The number of amides is 1. The number of aryl methyl sites for hydroxylation is 1. The van der Waals surface area contributed by atoms with Gasteiger partial charge in [0.25, 0.3) is 5.56 Å². The average Bonchev–Trinajstić information content (AvgIpc) is 2.72. The van der Waals surface area contributed by atoms with Gasteiger partial charge in [0.2, 0.25) is 5.91 Å². The molecule has 1 unspecified atom stereocenters. The van der Waals surface area contributed by atoms with Crippen LogP contribution in [0.3, 0.4) is 0 Å². The second-order valence-corrected chi connectivity index (χ2v) is 7.25. The fourth-order valence-electron chi connectivity index (χ4n) is 2.90. The van der Waals surface area contributed by atoms with Gasteiger partial charge in [0.15, 0.2) is 0 Å². The normalized spacial score (nSPS) is 12.1. The zero-order chi connectivity index (χ0) is 23.1. The van der Waals surface area contributed by atoms with Crippen molar-refractivity contribution in [3.05, 3.63) is 68.5 Å². The third kappa shape index (κ3) is 6.43. The molecule has 1 N–H and O–H groups in total. The molecule has 1 atom stereocenters. The first-order valence-electron chi connectivity index (χ1n) is 9.71. The number of carbonyl (C=O) groups is 2. The predicted molar refractivity (Wildman–Crippen MR) is 116 cm³/mol. The first-order chi connectivity index (χ1) is 14.6. The van der Waals surface area contributed by atoms with Crippen LogP contribution in [0.25, 0.3) is 6.08 Å². The van der Waals surface area contributed by atoms with E-state index in [2.05, 4.69) is 5.32 Å². The molecule has 0 saturated heterocycles. The molecule has 9 heteroatoms. The van der Waals surface area contributed by atoms with E-state index in [1.807, 2.05) is 0 Å². The fraction of sp³-hybridized carbons (Fsp3) is 0.364. The van der Waals surface area contributed by atoms with Gasteiger partial charge in [-0.25, -0.2) is 4.79 Å². The number of methoxy groups -OCH3 is 1. The van der Waals surface area contributed by atoms with Gasteiger partial charge >= 0.3 is 11.7 Å². The molecule has 1 aromatic heterocycles. The number of hydrogen-bond donors (Lipinski definition) is 1. The summed E-state index contributed by atoms with van der Waals surface area (Å²) < 4.78 is 12.6. The zero-order valence-corrected chi connectivity index (χ0v) is 18.2. The van der Waals surface area contributed by atoms with Crippen molar-refractivity contribution in [1.82, 2.24) is 14.5 Å². The second kappa shape index (κ2) is 10.4. The Morgan fingerprint density at radius 2 is 1.77 bits per heavy atom. The summed E-state index contributed by atoms with van der Waals surface area (Å²) in [6.07, 6.45) is 3.53. The fourth-order valence-corrected chi connectivity index (χ4v) is 2.90. The van der Waals surface area contributed by atoms with Crippen LogP contribution < -0.4 is 21.3 Å². The monoisotopic (exact) mass is 429 g/mol. The molecular weight excluding hydrogens is 402 g/mol. The average molecular weight is 429 g/mol. The molecule has 0 bridgehead atoms. The van der Waals surface area contributed by atoms with E-state index in [1.54, 1.807) is 45.2 Å². The Kier molecular flexibility index (Phi) is 7.95. The van der Waals surface area contributed by atoms with Crippen LogP contribution in [0.5, 0.6) is 5.75 Å². The minimum atomic E-state index is -0.641. The molecule has 1 aromatic carbocycles. The molecule has 0 radical (unpaired) electrons. The summed E-state index contributed by atoms with van der Waals surface area (Å²) in [5.74, 6) is -0.315. The van der Waals surface area contributed by atoms with Gasteiger partial charge in [-0.2, -0.15) is 0 Å². The number of carbonyl (C=O) groups excluding carboxylic acids is 2. The van der Waals surface area contributed by atoms with Crippen molar-refractivity contribution in [3.8, 4) is 5.75 Å². The van der Waals surface area contributed by atoms with Crippen molar-refractivity contribution in [2.75, 3.05) is 7.11 Å². The van der Waals surface area contributed by atoms with Crippen LogP contribution in [-0.4, -0.2) is 34.2 Å². The third-order valence-electron chi connectivity index (χ3n) is 4.46. The summed E-state index contributed by atoms with van der Waals surface area (Å²) >= 11 is 0. The Balaban J connectivity index is 2.23. The number of hydrogen-bond acceptors (Lipinski definition) is 6. The van der Waals surface area contributed by atoms with E-state index >= 15 is 0 Å². The lowest BCUT2D eigenvalue weighted by atomic mass is 10.0. The van der Waals surface area contributed by atoms with E-state index in [-0.39, 0.29) is 18.1 Å². The summed E-state index contributed by atoms with van der Waals surface area (Å²) in [5, 5.41) is 2.76. The number of rotatable bonds is 8. The van der Waals surface area contributed by atoms with E-state index < -0.39 is 29.2 Å². The number of esters is 1. The van der Waals surface area contributed by atoms with E-state index in [1.165, 1.54) is 37.0 Å². The lowest BCUT2D eigenvalue weighted by molar-refractivity contribution is -0.148. The van der Waals surface area contributed by atoms with Gasteiger partial charge in [-0.3, -0.25) is 19.0 Å². The molecule has 2 rings (SSSR count). The highest BCUT2D eigenvalue weighted by Gasteiger charge is 2.19. The Morgan fingerprint density at radius 1 is 1.13 bits per heavy atom. The van der Waals surface area contributed by atoms with Crippen molar-refractivity contribution >= 4 is 18.0 Å². The van der Waals surface area contributed by atoms with Gasteiger partial charge in [-0.1, -0.05) is 12.1 Å². The minimum Gasteiger partial charge on any atom is -0.497 e. The van der Waals surface area contributed by atoms with E-state index in [9.17, 15) is 19.2 Å². The molecule has 9 nitrogen and oxygen atoms in total. The van der Waals surface area contributed by atoms with Crippen molar-refractivity contribution < 1.29 is 19.1 Å². The first-order valence-corrected chi connectivity index (χ1v) is 9.71. The van der Waals surface area contributed by atoms with Crippen molar-refractivity contribution in [3.63, 3.8) is 0 Å². The standard InChI is InChI=1S/C22H27N3O6/c1-14(2)31-20(27)12-18(15-6-9-17(30-5)10-7-15)23-19(26)11-8-16-13-24(3)22(29)25(4)21(16)28/h6-11,13-14,18H,12H2,1-5H3,(H,23,26)/b11-8+.